The van der Waals surface area contributed by atoms with Crippen LogP contribution in [0.3, 0.4) is 0 Å². The zero-order valence-corrected chi connectivity index (χ0v) is 12.8. The van der Waals surface area contributed by atoms with Gasteiger partial charge in [-0.15, -0.1) is 0 Å². The first-order valence-electron chi connectivity index (χ1n) is 6.36. The summed E-state index contributed by atoms with van der Waals surface area (Å²) in [6, 6.07) is 2.02. The van der Waals surface area contributed by atoms with Gasteiger partial charge in [0.25, 0.3) is 0 Å². The molecule has 6 heteroatoms. The monoisotopic (exact) mass is 342 g/mol. The van der Waals surface area contributed by atoms with E-state index < -0.39 is 10.0 Å². The summed E-state index contributed by atoms with van der Waals surface area (Å²) in [6.07, 6.45) is 7.98. The molecule has 0 bridgehead atoms. The van der Waals surface area contributed by atoms with Crippen LogP contribution in [0.1, 0.15) is 24.8 Å². The normalized spacial score (nSPS) is 21.2. The zero-order valence-electron chi connectivity index (χ0n) is 10.4. The second-order valence-electron chi connectivity index (χ2n) is 4.97. The Morgan fingerprint density at radius 2 is 2.11 bits per heavy atom. The van der Waals surface area contributed by atoms with E-state index in [-0.39, 0.29) is 5.25 Å². The van der Waals surface area contributed by atoms with Crippen molar-refractivity contribution in [3.05, 3.63) is 34.6 Å². The van der Waals surface area contributed by atoms with Crippen molar-refractivity contribution < 1.29 is 8.42 Å². The van der Waals surface area contributed by atoms with E-state index >= 15 is 0 Å². The molecule has 0 saturated heterocycles. The van der Waals surface area contributed by atoms with Crippen LogP contribution in [0.25, 0.3) is 5.57 Å². The van der Waals surface area contributed by atoms with Crippen LogP contribution < -0.4 is 0 Å². The van der Waals surface area contributed by atoms with Gasteiger partial charge >= 0.3 is 0 Å². The van der Waals surface area contributed by atoms with Gasteiger partial charge in [-0.2, -0.15) is 4.31 Å². The van der Waals surface area contributed by atoms with Crippen LogP contribution in [0.5, 0.6) is 0 Å². The Labute approximate surface area is 121 Å². The van der Waals surface area contributed by atoms with E-state index in [9.17, 15) is 8.42 Å². The Balaban J connectivity index is 1.77. The molecule has 0 atom stereocenters. The number of hydrogen-bond acceptors (Lipinski definition) is 3. The van der Waals surface area contributed by atoms with Crippen molar-refractivity contribution in [3.8, 4) is 0 Å². The van der Waals surface area contributed by atoms with Crippen LogP contribution >= 0.6 is 15.9 Å². The van der Waals surface area contributed by atoms with Gasteiger partial charge in [0.2, 0.25) is 10.0 Å². The van der Waals surface area contributed by atoms with Gasteiger partial charge in [-0.3, -0.25) is 4.98 Å². The van der Waals surface area contributed by atoms with Crippen LogP contribution in [0, 0.1) is 0 Å². The van der Waals surface area contributed by atoms with Gasteiger partial charge in [-0.25, -0.2) is 8.42 Å². The molecule has 0 radical (unpaired) electrons. The molecule has 4 nitrogen and oxygen atoms in total. The molecule has 1 aromatic rings. The van der Waals surface area contributed by atoms with Gasteiger partial charge in [-0.1, -0.05) is 6.08 Å². The summed E-state index contributed by atoms with van der Waals surface area (Å²) in [5, 5.41) is -0.116. The molecule has 0 N–H and O–H groups in total. The first kappa shape index (κ1) is 13.3. The van der Waals surface area contributed by atoms with E-state index in [1.54, 1.807) is 10.5 Å². The summed E-state index contributed by atoms with van der Waals surface area (Å²) in [4.78, 5) is 4.15. The third kappa shape index (κ3) is 2.75. The topological polar surface area (TPSA) is 50.3 Å². The molecule has 19 heavy (non-hydrogen) atoms. The van der Waals surface area contributed by atoms with Crippen molar-refractivity contribution in [1.29, 1.82) is 0 Å². The maximum atomic E-state index is 12.1. The lowest BCUT2D eigenvalue weighted by Gasteiger charge is -2.25. The zero-order chi connectivity index (χ0) is 13.5. The van der Waals surface area contributed by atoms with Gasteiger partial charge in [0.05, 0.1) is 5.25 Å². The van der Waals surface area contributed by atoms with Gasteiger partial charge in [0.15, 0.2) is 0 Å². The predicted octanol–water partition coefficient (Wildman–Crippen LogP) is 2.43. The number of rotatable bonds is 3. The van der Waals surface area contributed by atoms with Crippen LogP contribution in [-0.2, 0) is 10.0 Å². The number of sulfonamides is 1. The smallest absolute Gasteiger partial charge is 0.217 e. The van der Waals surface area contributed by atoms with E-state index in [0.29, 0.717) is 13.1 Å². The number of pyridine rings is 1. The molecule has 1 aromatic heterocycles. The standard InChI is InChI=1S/C13H15BrN2O2S/c14-12-7-11(8-15-9-12)10-3-5-16(6-4-10)19(17,18)13-1-2-13/h3,7-9,13H,1-2,4-6H2. The van der Waals surface area contributed by atoms with E-state index in [2.05, 4.69) is 20.9 Å². The summed E-state index contributed by atoms with van der Waals surface area (Å²) >= 11 is 3.40. The third-order valence-corrected chi connectivity index (χ3v) is 6.35. The number of aromatic nitrogens is 1. The lowest BCUT2D eigenvalue weighted by atomic mass is 10.0. The highest BCUT2D eigenvalue weighted by Gasteiger charge is 2.40. The van der Waals surface area contributed by atoms with Crippen LogP contribution in [-0.4, -0.2) is 36.0 Å². The molecule has 1 aliphatic heterocycles. The third-order valence-electron chi connectivity index (χ3n) is 3.55. The van der Waals surface area contributed by atoms with Gasteiger partial charge in [0.1, 0.15) is 0 Å². The largest absolute Gasteiger partial charge is 0.263 e. The van der Waals surface area contributed by atoms with Crippen molar-refractivity contribution in [2.75, 3.05) is 13.1 Å². The summed E-state index contributed by atoms with van der Waals surface area (Å²) < 4.78 is 26.8. The maximum Gasteiger partial charge on any atom is 0.217 e. The van der Waals surface area contributed by atoms with Crippen molar-refractivity contribution in [2.45, 2.75) is 24.5 Å². The first-order valence-corrected chi connectivity index (χ1v) is 8.66. The summed E-state index contributed by atoms with van der Waals surface area (Å²) in [7, 11) is -3.04. The molecule has 1 saturated carbocycles. The minimum atomic E-state index is -3.04. The van der Waals surface area contributed by atoms with Gasteiger partial charge in [0, 0.05) is 30.0 Å². The van der Waals surface area contributed by atoms with Crippen molar-refractivity contribution in [1.82, 2.24) is 9.29 Å². The van der Waals surface area contributed by atoms with Crippen LogP contribution in [0.15, 0.2) is 29.0 Å². The second kappa shape index (κ2) is 5.00. The fourth-order valence-corrected chi connectivity index (χ4v) is 4.45. The maximum absolute atomic E-state index is 12.1. The fourth-order valence-electron chi connectivity index (χ4n) is 2.31. The molecule has 2 aliphatic rings. The summed E-state index contributed by atoms with van der Waals surface area (Å²) in [5.41, 5.74) is 2.24. The van der Waals surface area contributed by atoms with Crippen molar-refractivity contribution in [3.63, 3.8) is 0 Å². The number of nitrogens with zero attached hydrogens (tertiary/aromatic N) is 2. The van der Waals surface area contributed by atoms with Crippen LogP contribution in [0.2, 0.25) is 0 Å². The lowest BCUT2D eigenvalue weighted by molar-refractivity contribution is 0.440. The van der Waals surface area contributed by atoms with Gasteiger partial charge < -0.3 is 0 Å². The number of hydrogen-bond donors (Lipinski definition) is 0. The Hall–Kier alpha value is -0.720. The van der Waals surface area contributed by atoms with E-state index in [1.807, 2.05) is 18.3 Å². The predicted molar refractivity (Wildman–Crippen MR) is 78.0 cm³/mol. The molecule has 2 heterocycles. The molecular formula is C13H15BrN2O2S. The molecule has 0 unspecified atom stereocenters. The molecule has 0 spiro atoms. The summed E-state index contributed by atoms with van der Waals surface area (Å²) in [6.45, 7) is 1.07. The van der Waals surface area contributed by atoms with Crippen molar-refractivity contribution >= 4 is 31.5 Å². The molecule has 102 valence electrons. The Morgan fingerprint density at radius 1 is 1.32 bits per heavy atom. The molecule has 0 aromatic carbocycles. The minimum absolute atomic E-state index is 0.116. The number of halogens is 1. The van der Waals surface area contributed by atoms with E-state index in [4.69, 9.17) is 0 Å². The highest BCUT2D eigenvalue weighted by molar-refractivity contribution is 9.10. The molecule has 1 fully saturated rings. The van der Waals surface area contributed by atoms with Gasteiger partial charge in [-0.05, 0) is 52.4 Å². The Morgan fingerprint density at radius 3 is 2.68 bits per heavy atom. The SMILES string of the molecule is O=S(=O)(C1CC1)N1CC=C(c2cncc(Br)c2)CC1. The van der Waals surface area contributed by atoms with E-state index in [1.165, 1.54) is 5.57 Å². The molecule has 0 amide bonds. The Kier molecular flexibility index (Phi) is 3.49. The Bertz CT molecular complexity index is 623. The lowest BCUT2D eigenvalue weighted by Crippen LogP contribution is -2.36. The highest BCUT2D eigenvalue weighted by atomic mass is 79.9. The quantitative estimate of drug-likeness (QED) is 0.847. The van der Waals surface area contributed by atoms with Crippen LogP contribution in [0.4, 0.5) is 0 Å². The highest BCUT2D eigenvalue weighted by Crippen LogP contribution is 2.33. The van der Waals surface area contributed by atoms with E-state index in [0.717, 1.165) is 29.3 Å². The second-order valence-corrected chi connectivity index (χ2v) is 8.10. The summed E-state index contributed by atoms with van der Waals surface area (Å²) in [5.74, 6) is 0. The molecule has 1 aliphatic carbocycles. The minimum Gasteiger partial charge on any atom is -0.263 e. The average molecular weight is 343 g/mol. The first-order chi connectivity index (χ1) is 9.07. The molecular weight excluding hydrogens is 328 g/mol. The fraction of sp³-hybridized carbons (Fsp3) is 0.462. The molecule has 3 rings (SSSR count). The average Bonchev–Trinajstić information content (AvgIpc) is 3.23. The van der Waals surface area contributed by atoms with Crippen molar-refractivity contribution in [2.24, 2.45) is 0 Å².